The Morgan fingerprint density at radius 2 is 2.16 bits per heavy atom. The van der Waals surface area contributed by atoms with E-state index in [-0.39, 0.29) is 17.9 Å². The van der Waals surface area contributed by atoms with Gasteiger partial charge in [0.15, 0.2) is 0 Å². The average molecular weight is 264 g/mol. The van der Waals surface area contributed by atoms with Gasteiger partial charge >= 0.3 is 5.69 Å². The maximum atomic E-state index is 11.6. The van der Waals surface area contributed by atoms with Gasteiger partial charge in [-0.1, -0.05) is 0 Å². The van der Waals surface area contributed by atoms with E-state index >= 15 is 0 Å². The molecule has 2 rings (SSSR count). The summed E-state index contributed by atoms with van der Waals surface area (Å²) in [4.78, 5) is 21.9. The number of non-ortho nitro benzene ring substituents is 1. The van der Waals surface area contributed by atoms with Crippen LogP contribution in [0, 0.1) is 10.1 Å². The molecule has 0 atom stereocenters. The standard InChI is InChI=1S/C11H12N4O4/c1-13-7-12-14(11(13)16)6-8-3-9(15(17)18)5-10(4-8)19-2/h3-5,7H,6H2,1-2H3. The summed E-state index contributed by atoms with van der Waals surface area (Å²) in [6.07, 6.45) is 1.39. The third kappa shape index (κ3) is 2.62. The Bertz CT molecular complexity index is 674. The molecule has 8 nitrogen and oxygen atoms in total. The molecule has 2 aromatic rings. The van der Waals surface area contributed by atoms with Gasteiger partial charge in [-0.2, -0.15) is 5.10 Å². The van der Waals surface area contributed by atoms with Crippen molar-refractivity contribution in [2.45, 2.75) is 6.54 Å². The number of hydrogen-bond donors (Lipinski definition) is 0. The number of ether oxygens (including phenoxy) is 1. The van der Waals surface area contributed by atoms with E-state index < -0.39 is 4.92 Å². The zero-order valence-electron chi connectivity index (χ0n) is 10.4. The number of nitro groups is 1. The lowest BCUT2D eigenvalue weighted by atomic mass is 10.2. The molecule has 0 saturated heterocycles. The molecule has 0 spiro atoms. The van der Waals surface area contributed by atoms with Gasteiger partial charge in [0.1, 0.15) is 12.1 Å². The van der Waals surface area contributed by atoms with E-state index in [0.717, 1.165) is 0 Å². The predicted octanol–water partition coefficient (Wildman–Crippen LogP) is 0.547. The van der Waals surface area contributed by atoms with Crippen LogP contribution in [-0.4, -0.2) is 26.4 Å². The number of aromatic nitrogens is 3. The van der Waals surface area contributed by atoms with Gasteiger partial charge in [-0.25, -0.2) is 9.48 Å². The molecule has 0 aliphatic carbocycles. The highest BCUT2D eigenvalue weighted by Crippen LogP contribution is 2.22. The minimum absolute atomic E-state index is 0.0849. The van der Waals surface area contributed by atoms with E-state index in [1.807, 2.05) is 0 Å². The quantitative estimate of drug-likeness (QED) is 0.593. The van der Waals surface area contributed by atoms with Crippen LogP contribution in [0.4, 0.5) is 5.69 Å². The normalized spacial score (nSPS) is 10.4. The molecule has 1 heterocycles. The molecule has 0 fully saturated rings. The number of benzene rings is 1. The Labute approximate surface area is 108 Å². The first-order valence-corrected chi connectivity index (χ1v) is 5.42. The fraction of sp³-hybridized carbons (Fsp3) is 0.273. The van der Waals surface area contributed by atoms with Crippen LogP contribution < -0.4 is 10.4 Å². The predicted molar refractivity (Wildman–Crippen MR) is 66.2 cm³/mol. The topological polar surface area (TPSA) is 92.2 Å². The van der Waals surface area contributed by atoms with Crippen molar-refractivity contribution < 1.29 is 9.66 Å². The molecule has 0 bridgehead atoms. The third-order valence-electron chi connectivity index (χ3n) is 2.62. The zero-order valence-corrected chi connectivity index (χ0v) is 10.4. The summed E-state index contributed by atoms with van der Waals surface area (Å²) in [5.41, 5.74) is 0.204. The Morgan fingerprint density at radius 1 is 1.42 bits per heavy atom. The van der Waals surface area contributed by atoms with Crippen LogP contribution in [0.25, 0.3) is 0 Å². The second-order valence-electron chi connectivity index (χ2n) is 3.98. The van der Waals surface area contributed by atoms with Crippen LogP contribution in [-0.2, 0) is 13.6 Å². The molecule has 1 aromatic heterocycles. The van der Waals surface area contributed by atoms with Crippen molar-refractivity contribution in [2.24, 2.45) is 7.05 Å². The molecule has 0 amide bonds. The van der Waals surface area contributed by atoms with Gasteiger partial charge in [-0.05, 0) is 11.6 Å². The molecule has 8 heteroatoms. The highest BCUT2D eigenvalue weighted by atomic mass is 16.6. The summed E-state index contributed by atoms with van der Waals surface area (Å²) >= 11 is 0. The van der Waals surface area contributed by atoms with Crippen molar-refractivity contribution in [2.75, 3.05) is 7.11 Å². The number of rotatable bonds is 4. The SMILES string of the molecule is COc1cc(Cn2ncn(C)c2=O)cc([N+](=O)[O-])c1. The maximum Gasteiger partial charge on any atom is 0.345 e. The molecule has 19 heavy (non-hydrogen) atoms. The molecule has 100 valence electrons. The Hall–Kier alpha value is -2.64. The first-order valence-electron chi connectivity index (χ1n) is 5.42. The summed E-state index contributed by atoms with van der Waals surface area (Å²) in [6, 6.07) is 4.35. The smallest absolute Gasteiger partial charge is 0.345 e. The second-order valence-corrected chi connectivity index (χ2v) is 3.98. The van der Waals surface area contributed by atoms with E-state index in [1.54, 1.807) is 13.1 Å². The van der Waals surface area contributed by atoms with Gasteiger partial charge in [0.05, 0.1) is 24.6 Å². The number of aryl methyl sites for hydroxylation is 1. The van der Waals surface area contributed by atoms with E-state index in [0.29, 0.717) is 11.3 Å². The highest BCUT2D eigenvalue weighted by Gasteiger charge is 2.12. The molecular weight excluding hydrogens is 252 g/mol. The Balaban J connectivity index is 2.39. The summed E-state index contributed by atoms with van der Waals surface area (Å²) in [6.45, 7) is 0.151. The van der Waals surface area contributed by atoms with E-state index in [2.05, 4.69) is 5.10 Å². The molecule has 0 radical (unpaired) electrons. The fourth-order valence-electron chi connectivity index (χ4n) is 1.66. The molecular formula is C11H12N4O4. The molecule has 0 unspecified atom stereocenters. The van der Waals surface area contributed by atoms with Crippen LogP contribution >= 0.6 is 0 Å². The first kappa shape index (κ1) is 12.8. The fourth-order valence-corrected chi connectivity index (χ4v) is 1.66. The third-order valence-corrected chi connectivity index (χ3v) is 2.62. The van der Waals surface area contributed by atoms with Crippen molar-refractivity contribution in [1.29, 1.82) is 0 Å². The van der Waals surface area contributed by atoms with Crippen molar-refractivity contribution in [1.82, 2.24) is 14.3 Å². The number of nitro benzene ring substituents is 1. The molecule has 0 N–H and O–H groups in total. The lowest BCUT2D eigenvalue weighted by Crippen LogP contribution is -2.23. The summed E-state index contributed by atoms with van der Waals surface area (Å²) in [5, 5.41) is 14.7. The minimum Gasteiger partial charge on any atom is -0.496 e. The first-order chi connectivity index (χ1) is 9.01. The van der Waals surface area contributed by atoms with Crippen LogP contribution in [0.3, 0.4) is 0 Å². The molecule has 1 aromatic carbocycles. The van der Waals surface area contributed by atoms with E-state index in [4.69, 9.17) is 4.74 Å². The van der Waals surface area contributed by atoms with Gasteiger partial charge in [-0.15, -0.1) is 0 Å². The van der Waals surface area contributed by atoms with Crippen molar-refractivity contribution in [3.8, 4) is 5.75 Å². The van der Waals surface area contributed by atoms with Crippen molar-refractivity contribution in [3.63, 3.8) is 0 Å². The minimum atomic E-state index is -0.507. The second kappa shape index (κ2) is 4.92. The monoisotopic (exact) mass is 264 g/mol. The van der Waals surface area contributed by atoms with Gasteiger partial charge in [0, 0.05) is 13.1 Å². The Morgan fingerprint density at radius 3 is 2.68 bits per heavy atom. The van der Waals surface area contributed by atoms with Gasteiger partial charge in [0.2, 0.25) is 0 Å². The lowest BCUT2D eigenvalue weighted by Gasteiger charge is -2.04. The molecule has 0 aliphatic rings. The maximum absolute atomic E-state index is 11.6. The largest absolute Gasteiger partial charge is 0.496 e. The lowest BCUT2D eigenvalue weighted by molar-refractivity contribution is -0.385. The van der Waals surface area contributed by atoms with Gasteiger partial charge < -0.3 is 4.74 Å². The zero-order chi connectivity index (χ0) is 14.0. The van der Waals surface area contributed by atoms with E-state index in [1.165, 1.54) is 34.8 Å². The average Bonchev–Trinajstić information content (AvgIpc) is 2.70. The van der Waals surface area contributed by atoms with Crippen LogP contribution in [0.5, 0.6) is 5.75 Å². The molecule has 0 aliphatic heterocycles. The van der Waals surface area contributed by atoms with Crippen LogP contribution in [0.15, 0.2) is 29.3 Å². The summed E-state index contributed by atoms with van der Waals surface area (Å²) in [5.74, 6) is 0.369. The number of nitrogens with zero attached hydrogens (tertiary/aromatic N) is 4. The van der Waals surface area contributed by atoms with Crippen LogP contribution in [0.2, 0.25) is 0 Å². The van der Waals surface area contributed by atoms with Crippen molar-refractivity contribution >= 4 is 5.69 Å². The van der Waals surface area contributed by atoms with E-state index in [9.17, 15) is 14.9 Å². The van der Waals surface area contributed by atoms with Crippen molar-refractivity contribution in [3.05, 3.63) is 50.7 Å². The van der Waals surface area contributed by atoms with Gasteiger partial charge in [0.25, 0.3) is 5.69 Å². The highest BCUT2D eigenvalue weighted by molar-refractivity contribution is 5.42. The summed E-state index contributed by atoms with van der Waals surface area (Å²) < 4.78 is 7.55. The Kier molecular flexibility index (Phi) is 3.32. The number of methoxy groups -OCH3 is 1. The number of hydrogen-bond acceptors (Lipinski definition) is 5. The van der Waals surface area contributed by atoms with Gasteiger partial charge in [-0.3, -0.25) is 14.7 Å². The summed E-state index contributed by atoms with van der Waals surface area (Å²) in [7, 11) is 3.01. The van der Waals surface area contributed by atoms with Crippen LogP contribution in [0.1, 0.15) is 5.56 Å². The molecule has 0 saturated carbocycles.